The van der Waals surface area contributed by atoms with E-state index in [-0.39, 0.29) is 5.82 Å². The summed E-state index contributed by atoms with van der Waals surface area (Å²) in [4.78, 5) is 0. The molecule has 106 valence electrons. The minimum Gasteiger partial charge on any atom is -0.314 e. The molecule has 0 aliphatic heterocycles. The van der Waals surface area contributed by atoms with Crippen molar-refractivity contribution in [3.8, 4) is 0 Å². The van der Waals surface area contributed by atoms with E-state index in [1.54, 1.807) is 12.1 Å². The molecule has 1 atom stereocenters. The van der Waals surface area contributed by atoms with Crippen LogP contribution in [0.2, 0.25) is 0 Å². The summed E-state index contributed by atoms with van der Waals surface area (Å²) in [6.45, 7) is 7.68. The maximum Gasteiger partial charge on any atom is 0.123 e. The van der Waals surface area contributed by atoms with Crippen molar-refractivity contribution < 1.29 is 4.39 Å². The van der Waals surface area contributed by atoms with E-state index in [4.69, 9.17) is 0 Å². The van der Waals surface area contributed by atoms with E-state index in [0.717, 1.165) is 19.0 Å². The van der Waals surface area contributed by atoms with Crippen LogP contribution in [-0.4, -0.2) is 12.6 Å². The van der Waals surface area contributed by atoms with Crippen molar-refractivity contribution >= 4 is 0 Å². The van der Waals surface area contributed by atoms with Gasteiger partial charge in [-0.3, -0.25) is 0 Å². The van der Waals surface area contributed by atoms with E-state index in [1.165, 1.54) is 30.4 Å². The van der Waals surface area contributed by atoms with Crippen molar-refractivity contribution in [2.45, 2.75) is 52.5 Å². The Kier molecular flexibility index (Phi) is 4.98. The Morgan fingerprint density at radius 3 is 2.68 bits per heavy atom. The zero-order valence-corrected chi connectivity index (χ0v) is 12.4. The third-order valence-corrected chi connectivity index (χ3v) is 3.90. The van der Waals surface area contributed by atoms with Crippen LogP contribution in [0.5, 0.6) is 0 Å². The van der Waals surface area contributed by atoms with Gasteiger partial charge in [-0.15, -0.1) is 0 Å². The molecule has 0 heterocycles. The Labute approximate surface area is 116 Å². The van der Waals surface area contributed by atoms with E-state index in [1.807, 2.05) is 6.07 Å². The van der Waals surface area contributed by atoms with Crippen molar-refractivity contribution in [1.29, 1.82) is 0 Å². The minimum atomic E-state index is -0.112. The highest BCUT2D eigenvalue weighted by Gasteiger charge is 2.22. The van der Waals surface area contributed by atoms with Gasteiger partial charge in [0.05, 0.1) is 0 Å². The molecule has 1 aromatic rings. The lowest BCUT2D eigenvalue weighted by Gasteiger charge is -2.21. The largest absolute Gasteiger partial charge is 0.314 e. The third kappa shape index (κ3) is 4.94. The Morgan fingerprint density at radius 1 is 1.32 bits per heavy atom. The first-order chi connectivity index (χ1) is 9.04. The average Bonchev–Trinajstić information content (AvgIpc) is 3.14. The molecular formula is C17H26FN. The molecule has 0 aromatic heterocycles. The van der Waals surface area contributed by atoms with Crippen molar-refractivity contribution in [2.24, 2.45) is 11.8 Å². The number of benzene rings is 1. The molecule has 1 aliphatic rings. The van der Waals surface area contributed by atoms with Gasteiger partial charge < -0.3 is 5.32 Å². The van der Waals surface area contributed by atoms with E-state index in [0.29, 0.717) is 11.8 Å². The Hall–Kier alpha value is -0.890. The fraction of sp³-hybridized carbons (Fsp3) is 0.647. The van der Waals surface area contributed by atoms with Crippen LogP contribution < -0.4 is 5.32 Å². The summed E-state index contributed by atoms with van der Waals surface area (Å²) < 4.78 is 13.4. The molecule has 1 N–H and O–H groups in total. The van der Waals surface area contributed by atoms with Crippen LogP contribution in [0, 0.1) is 24.6 Å². The monoisotopic (exact) mass is 263 g/mol. The van der Waals surface area contributed by atoms with Gasteiger partial charge in [0.25, 0.3) is 0 Å². The number of hydrogen-bond acceptors (Lipinski definition) is 1. The average molecular weight is 263 g/mol. The molecule has 19 heavy (non-hydrogen) atoms. The molecule has 0 saturated heterocycles. The van der Waals surface area contributed by atoms with Gasteiger partial charge in [-0.1, -0.05) is 19.9 Å². The summed E-state index contributed by atoms with van der Waals surface area (Å²) in [6, 6.07) is 5.91. The first kappa shape index (κ1) is 14.5. The SMILES string of the molecule is Cc1ccc(F)cc1CC(CNC1CC1)CC(C)C. The number of rotatable bonds is 7. The molecule has 0 amide bonds. The topological polar surface area (TPSA) is 12.0 Å². The Balaban J connectivity index is 1.97. The van der Waals surface area contributed by atoms with Crippen molar-refractivity contribution in [1.82, 2.24) is 5.32 Å². The molecule has 1 nitrogen and oxygen atoms in total. The first-order valence-electron chi connectivity index (χ1n) is 7.53. The fourth-order valence-corrected chi connectivity index (χ4v) is 2.70. The molecule has 1 fully saturated rings. The fourth-order valence-electron chi connectivity index (χ4n) is 2.70. The summed E-state index contributed by atoms with van der Waals surface area (Å²) in [5.41, 5.74) is 2.38. The standard InChI is InChI=1S/C17H26FN/c1-12(2)8-14(11-19-17-6-7-17)9-15-10-16(18)5-4-13(15)3/h4-5,10,12,14,17,19H,6-9,11H2,1-3H3. The molecule has 1 aliphatic carbocycles. The van der Waals surface area contributed by atoms with Crippen molar-refractivity contribution in [3.05, 3.63) is 35.1 Å². The predicted molar refractivity (Wildman–Crippen MR) is 78.8 cm³/mol. The Morgan fingerprint density at radius 2 is 2.05 bits per heavy atom. The summed E-state index contributed by atoms with van der Waals surface area (Å²) in [6.07, 6.45) is 4.85. The lowest BCUT2D eigenvalue weighted by Crippen LogP contribution is -2.27. The predicted octanol–water partition coefficient (Wildman–Crippen LogP) is 4.09. The molecule has 1 saturated carbocycles. The molecule has 1 aromatic carbocycles. The van der Waals surface area contributed by atoms with Crippen LogP contribution >= 0.6 is 0 Å². The molecule has 1 unspecified atom stereocenters. The normalized spacial score (nSPS) is 16.9. The summed E-state index contributed by atoms with van der Waals surface area (Å²) in [7, 11) is 0. The van der Waals surface area contributed by atoms with Crippen molar-refractivity contribution in [2.75, 3.05) is 6.54 Å². The van der Waals surface area contributed by atoms with Crippen LogP contribution in [0.25, 0.3) is 0 Å². The van der Waals surface area contributed by atoms with Gasteiger partial charge in [-0.25, -0.2) is 4.39 Å². The van der Waals surface area contributed by atoms with Gasteiger partial charge in [0.15, 0.2) is 0 Å². The van der Waals surface area contributed by atoms with Crippen LogP contribution in [0.15, 0.2) is 18.2 Å². The zero-order valence-electron chi connectivity index (χ0n) is 12.4. The lowest BCUT2D eigenvalue weighted by atomic mass is 9.89. The third-order valence-electron chi connectivity index (χ3n) is 3.90. The maximum atomic E-state index is 13.4. The number of nitrogens with one attached hydrogen (secondary N) is 1. The van der Waals surface area contributed by atoms with Crippen LogP contribution in [-0.2, 0) is 6.42 Å². The van der Waals surface area contributed by atoms with E-state index in [2.05, 4.69) is 26.1 Å². The number of aryl methyl sites for hydroxylation is 1. The summed E-state index contributed by atoms with van der Waals surface area (Å²) >= 11 is 0. The summed E-state index contributed by atoms with van der Waals surface area (Å²) in [5.74, 6) is 1.19. The van der Waals surface area contributed by atoms with Crippen LogP contribution in [0.3, 0.4) is 0 Å². The van der Waals surface area contributed by atoms with E-state index < -0.39 is 0 Å². The van der Waals surface area contributed by atoms with Gasteiger partial charge in [0.2, 0.25) is 0 Å². The molecule has 2 rings (SSSR count). The van der Waals surface area contributed by atoms with Gasteiger partial charge in [-0.05, 0) is 74.2 Å². The molecular weight excluding hydrogens is 237 g/mol. The Bertz CT molecular complexity index is 410. The molecule has 0 spiro atoms. The highest BCUT2D eigenvalue weighted by molar-refractivity contribution is 5.27. The second kappa shape index (κ2) is 6.51. The smallest absolute Gasteiger partial charge is 0.123 e. The first-order valence-corrected chi connectivity index (χ1v) is 7.53. The van der Waals surface area contributed by atoms with Gasteiger partial charge in [0.1, 0.15) is 5.82 Å². The second-order valence-electron chi connectivity index (χ2n) is 6.45. The van der Waals surface area contributed by atoms with E-state index >= 15 is 0 Å². The zero-order chi connectivity index (χ0) is 13.8. The maximum absolute atomic E-state index is 13.4. The van der Waals surface area contributed by atoms with E-state index in [9.17, 15) is 4.39 Å². The molecule has 2 heteroatoms. The van der Waals surface area contributed by atoms with Crippen molar-refractivity contribution in [3.63, 3.8) is 0 Å². The number of halogens is 1. The van der Waals surface area contributed by atoms with Crippen LogP contribution in [0.4, 0.5) is 4.39 Å². The van der Waals surface area contributed by atoms with Gasteiger partial charge in [-0.2, -0.15) is 0 Å². The summed E-state index contributed by atoms with van der Waals surface area (Å²) in [5, 5.41) is 3.62. The second-order valence-corrected chi connectivity index (χ2v) is 6.45. The quantitative estimate of drug-likeness (QED) is 0.781. The van der Waals surface area contributed by atoms with Gasteiger partial charge >= 0.3 is 0 Å². The lowest BCUT2D eigenvalue weighted by molar-refractivity contribution is 0.383. The van der Waals surface area contributed by atoms with Crippen LogP contribution in [0.1, 0.15) is 44.2 Å². The van der Waals surface area contributed by atoms with Gasteiger partial charge in [0, 0.05) is 6.04 Å². The molecule has 0 bridgehead atoms. The molecule has 0 radical (unpaired) electrons. The highest BCUT2D eigenvalue weighted by atomic mass is 19.1. The highest BCUT2D eigenvalue weighted by Crippen LogP contribution is 2.23. The number of hydrogen-bond donors (Lipinski definition) is 1. The minimum absolute atomic E-state index is 0.112.